The smallest absolute Gasteiger partial charge is 0.328 e. The van der Waals surface area contributed by atoms with E-state index in [9.17, 15) is 18.0 Å². The summed E-state index contributed by atoms with van der Waals surface area (Å²) < 4.78 is 22.5. The number of hydrogen-bond donors (Lipinski definition) is 2. The molecular weight excluding hydrogens is 282 g/mol. The number of rotatable bonds is 5. The molecule has 0 heterocycles. The highest BCUT2D eigenvalue weighted by molar-refractivity contribution is 7.92. The fourth-order valence-electron chi connectivity index (χ4n) is 1.28. The zero-order valence-corrected chi connectivity index (χ0v) is 11.8. The van der Waals surface area contributed by atoms with Crippen LogP contribution in [0.15, 0.2) is 30.3 Å². The molecular formula is C13H15NO5S. The van der Waals surface area contributed by atoms with Gasteiger partial charge in [0.05, 0.1) is 0 Å². The van der Waals surface area contributed by atoms with Gasteiger partial charge in [-0.15, -0.1) is 0 Å². The second-order valence-corrected chi connectivity index (χ2v) is 6.62. The minimum atomic E-state index is -3.44. The second-order valence-electron chi connectivity index (χ2n) is 4.25. The summed E-state index contributed by atoms with van der Waals surface area (Å²) in [5, 5.41) is 9.84. The van der Waals surface area contributed by atoms with Gasteiger partial charge in [-0.1, -0.05) is 12.1 Å². The quantitative estimate of drug-likeness (QED) is 0.794. The number of carbonyl (C=O) groups excluding carboxylic acids is 1. The van der Waals surface area contributed by atoms with E-state index in [2.05, 4.69) is 5.32 Å². The Morgan fingerprint density at radius 1 is 1.25 bits per heavy atom. The zero-order chi connectivity index (χ0) is 15.3. The minimum absolute atomic E-state index is 0.443. The van der Waals surface area contributed by atoms with Gasteiger partial charge < -0.3 is 10.4 Å². The number of hydrogen-bond acceptors (Lipinski definition) is 4. The summed E-state index contributed by atoms with van der Waals surface area (Å²) in [6.07, 6.45) is 3.41. The molecule has 0 fully saturated rings. The Balaban J connectivity index is 2.76. The third-order valence-corrected chi connectivity index (χ3v) is 4.11. The van der Waals surface area contributed by atoms with E-state index in [0.29, 0.717) is 11.3 Å². The predicted molar refractivity (Wildman–Crippen MR) is 76.0 cm³/mol. The average Bonchev–Trinajstić information content (AvgIpc) is 2.35. The minimum Gasteiger partial charge on any atom is -0.478 e. The van der Waals surface area contributed by atoms with Gasteiger partial charge in [-0.3, -0.25) is 4.79 Å². The first kappa shape index (κ1) is 15.9. The lowest BCUT2D eigenvalue weighted by Gasteiger charge is -2.10. The molecule has 7 heteroatoms. The molecule has 1 aromatic rings. The van der Waals surface area contributed by atoms with Crippen LogP contribution in [0.25, 0.3) is 6.08 Å². The van der Waals surface area contributed by atoms with Crippen molar-refractivity contribution >= 4 is 33.5 Å². The van der Waals surface area contributed by atoms with Crippen LogP contribution in [0.2, 0.25) is 0 Å². The highest BCUT2D eigenvalue weighted by atomic mass is 32.2. The van der Waals surface area contributed by atoms with Gasteiger partial charge in [-0.25, -0.2) is 13.2 Å². The molecule has 20 heavy (non-hydrogen) atoms. The Hall–Kier alpha value is -2.15. The van der Waals surface area contributed by atoms with Gasteiger partial charge in [0.15, 0.2) is 9.84 Å². The van der Waals surface area contributed by atoms with Crippen LogP contribution in [0, 0.1) is 0 Å². The van der Waals surface area contributed by atoms with Crippen molar-refractivity contribution in [3.63, 3.8) is 0 Å². The highest BCUT2D eigenvalue weighted by Crippen LogP contribution is 2.12. The lowest BCUT2D eigenvalue weighted by molar-refractivity contribution is -0.131. The number of carboxylic acids is 1. The SMILES string of the molecule is CC(C(=O)Nc1ccc(/C=C/C(=O)O)cc1)S(C)(=O)=O. The molecule has 2 N–H and O–H groups in total. The van der Waals surface area contributed by atoms with Crippen LogP contribution in [0.5, 0.6) is 0 Å². The van der Waals surface area contributed by atoms with Crippen LogP contribution in [0.4, 0.5) is 5.69 Å². The summed E-state index contributed by atoms with van der Waals surface area (Å²) in [6.45, 7) is 1.31. The first-order valence-corrected chi connectivity index (χ1v) is 7.66. The van der Waals surface area contributed by atoms with Crippen molar-refractivity contribution in [2.75, 3.05) is 11.6 Å². The molecule has 0 bridgehead atoms. The summed E-state index contributed by atoms with van der Waals surface area (Å²) in [7, 11) is -3.44. The Kier molecular flexibility index (Phi) is 5.04. The van der Waals surface area contributed by atoms with Crippen molar-refractivity contribution in [3.05, 3.63) is 35.9 Å². The van der Waals surface area contributed by atoms with Gasteiger partial charge in [0.2, 0.25) is 5.91 Å². The molecule has 6 nitrogen and oxygen atoms in total. The maximum Gasteiger partial charge on any atom is 0.328 e. The van der Waals surface area contributed by atoms with Crippen LogP contribution < -0.4 is 5.32 Å². The molecule has 0 radical (unpaired) electrons. The van der Waals surface area contributed by atoms with Crippen molar-refractivity contribution in [2.45, 2.75) is 12.2 Å². The van der Waals surface area contributed by atoms with Crippen molar-refractivity contribution in [3.8, 4) is 0 Å². The Morgan fingerprint density at radius 2 is 1.80 bits per heavy atom. The van der Waals surface area contributed by atoms with E-state index in [1.807, 2.05) is 0 Å². The molecule has 0 aliphatic rings. The Labute approximate surface area is 117 Å². The number of sulfone groups is 1. The third kappa shape index (κ3) is 4.85. The molecule has 1 aromatic carbocycles. The van der Waals surface area contributed by atoms with E-state index < -0.39 is 27.0 Å². The zero-order valence-electron chi connectivity index (χ0n) is 11.0. The number of nitrogens with one attached hydrogen (secondary N) is 1. The normalized spacial score (nSPS) is 13.1. The molecule has 1 unspecified atom stereocenters. The van der Waals surface area contributed by atoms with E-state index in [0.717, 1.165) is 12.3 Å². The van der Waals surface area contributed by atoms with E-state index in [-0.39, 0.29) is 0 Å². The van der Waals surface area contributed by atoms with Gasteiger partial charge in [-0.2, -0.15) is 0 Å². The van der Waals surface area contributed by atoms with Gasteiger partial charge in [0.1, 0.15) is 5.25 Å². The summed E-state index contributed by atoms with van der Waals surface area (Å²) in [5.74, 6) is -1.66. The van der Waals surface area contributed by atoms with Crippen LogP contribution >= 0.6 is 0 Å². The largest absolute Gasteiger partial charge is 0.478 e. The number of carbonyl (C=O) groups is 2. The lowest BCUT2D eigenvalue weighted by Crippen LogP contribution is -2.31. The van der Waals surface area contributed by atoms with Gasteiger partial charge in [0.25, 0.3) is 0 Å². The summed E-state index contributed by atoms with van der Waals surface area (Å²) in [4.78, 5) is 22.0. The molecule has 0 aromatic heterocycles. The summed E-state index contributed by atoms with van der Waals surface area (Å²) in [6, 6.07) is 6.35. The molecule has 0 spiro atoms. The number of amides is 1. The first-order chi connectivity index (χ1) is 9.20. The number of carboxylic acid groups (broad SMARTS) is 1. The van der Waals surface area contributed by atoms with Crippen LogP contribution in [0.3, 0.4) is 0 Å². The average molecular weight is 297 g/mol. The van der Waals surface area contributed by atoms with Crippen molar-refractivity contribution < 1.29 is 23.1 Å². The lowest BCUT2D eigenvalue weighted by atomic mass is 10.2. The van der Waals surface area contributed by atoms with E-state index >= 15 is 0 Å². The van der Waals surface area contributed by atoms with E-state index in [1.54, 1.807) is 24.3 Å². The summed E-state index contributed by atoms with van der Waals surface area (Å²) >= 11 is 0. The van der Waals surface area contributed by atoms with Crippen LogP contribution in [-0.2, 0) is 19.4 Å². The van der Waals surface area contributed by atoms with Crippen molar-refractivity contribution in [1.82, 2.24) is 0 Å². The first-order valence-electron chi connectivity index (χ1n) is 5.71. The molecule has 0 aliphatic heterocycles. The molecule has 1 atom stereocenters. The fourth-order valence-corrected chi connectivity index (χ4v) is 1.73. The van der Waals surface area contributed by atoms with Gasteiger partial charge in [-0.05, 0) is 30.7 Å². The Bertz CT molecular complexity index is 631. The molecule has 0 aliphatic carbocycles. The number of benzene rings is 1. The molecule has 0 saturated heterocycles. The topological polar surface area (TPSA) is 101 Å². The fraction of sp³-hybridized carbons (Fsp3) is 0.231. The van der Waals surface area contributed by atoms with E-state index in [4.69, 9.17) is 5.11 Å². The van der Waals surface area contributed by atoms with E-state index in [1.165, 1.54) is 13.0 Å². The predicted octanol–water partition coefficient (Wildman–Crippen LogP) is 1.16. The van der Waals surface area contributed by atoms with Crippen molar-refractivity contribution in [2.24, 2.45) is 0 Å². The monoisotopic (exact) mass is 297 g/mol. The van der Waals surface area contributed by atoms with Crippen molar-refractivity contribution in [1.29, 1.82) is 0 Å². The highest BCUT2D eigenvalue weighted by Gasteiger charge is 2.23. The molecule has 108 valence electrons. The molecule has 0 saturated carbocycles. The van der Waals surface area contributed by atoms with Gasteiger partial charge >= 0.3 is 5.97 Å². The molecule has 1 rings (SSSR count). The number of anilines is 1. The summed E-state index contributed by atoms with van der Waals surface area (Å²) in [5.41, 5.74) is 1.10. The van der Waals surface area contributed by atoms with Crippen LogP contribution in [0.1, 0.15) is 12.5 Å². The second kappa shape index (κ2) is 6.33. The maximum atomic E-state index is 11.7. The Morgan fingerprint density at radius 3 is 2.25 bits per heavy atom. The standard InChI is InChI=1S/C13H15NO5S/c1-9(20(2,18)19)13(17)14-11-6-3-10(4-7-11)5-8-12(15)16/h3-9H,1-2H3,(H,14,17)(H,15,16)/b8-5+. The number of aliphatic carboxylic acids is 1. The van der Waals surface area contributed by atoms with Crippen LogP contribution in [-0.4, -0.2) is 36.9 Å². The third-order valence-electron chi connectivity index (χ3n) is 2.61. The van der Waals surface area contributed by atoms with Gasteiger partial charge in [0, 0.05) is 18.0 Å². The maximum absolute atomic E-state index is 11.7. The molecule has 1 amide bonds.